The van der Waals surface area contributed by atoms with Gasteiger partial charge in [-0.25, -0.2) is 14.6 Å². The number of ether oxygens (including phenoxy) is 1. The zero-order chi connectivity index (χ0) is 23.5. The first-order valence-electron chi connectivity index (χ1n) is 11.6. The van der Waals surface area contributed by atoms with Crippen LogP contribution in [-0.2, 0) is 29.5 Å². The minimum atomic E-state index is -0.00123. The molecule has 1 aliphatic rings. The molecule has 1 saturated heterocycles. The van der Waals surface area contributed by atoms with Crippen LogP contribution in [0.4, 0.5) is 5.82 Å². The van der Waals surface area contributed by atoms with Gasteiger partial charge in [-0.3, -0.25) is 4.79 Å². The van der Waals surface area contributed by atoms with Crippen LogP contribution in [0.1, 0.15) is 12.5 Å². The molecule has 9 nitrogen and oxygen atoms in total. The van der Waals surface area contributed by atoms with Gasteiger partial charge >= 0.3 is 0 Å². The van der Waals surface area contributed by atoms with E-state index >= 15 is 0 Å². The average molecular weight is 480 g/mol. The summed E-state index contributed by atoms with van der Waals surface area (Å²) in [5.41, 5.74) is 2.96. The van der Waals surface area contributed by atoms with Crippen molar-refractivity contribution in [2.24, 2.45) is 7.05 Å². The number of aryl methyl sites for hydroxylation is 1. The molecule has 10 heteroatoms. The molecule has 178 valence electrons. The van der Waals surface area contributed by atoms with Crippen LogP contribution in [0.5, 0.6) is 0 Å². The SMILES string of the molecule is CCSc1nc(N2CCOCC2)c2cnn(CCNC(=O)Cc3cn(C)c4ccccc34)c2n1. The molecule has 0 spiro atoms. The molecule has 0 atom stereocenters. The molecule has 5 rings (SSSR count). The van der Waals surface area contributed by atoms with Gasteiger partial charge in [0.2, 0.25) is 5.91 Å². The van der Waals surface area contributed by atoms with E-state index in [1.165, 1.54) is 0 Å². The molecule has 0 unspecified atom stereocenters. The molecular formula is C24H29N7O2S. The van der Waals surface area contributed by atoms with Gasteiger partial charge in [-0.2, -0.15) is 5.10 Å². The first-order chi connectivity index (χ1) is 16.6. The van der Waals surface area contributed by atoms with E-state index < -0.39 is 0 Å². The van der Waals surface area contributed by atoms with Crippen LogP contribution in [0, 0.1) is 0 Å². The first-order valence-corrected chi connectivity index (χ1v) is 12.6. The third-order valence-corrected chi connectivity index (χ3v) is 6.75. The summed E-state index contributed by atoms with van der Waals surface area (Å²) in [6, 6.07) is 8.15. The number of rotatable bonds is 8. The van der Waals surface area contributed by atoms with Crippen LogP contribution in [0.25, 0.3) is 21.9 Å². The predicted molar refractivity (Wildman–Crippen MR) is 134 cm³/mol. The van der Waals surface area contributed by atoms with Crippen LogP contribution in [-0.4, -0.2) is 68.8 Å². The molecule has 0 saturated carbocycles. The number of thioether (sulfide) groups is 1. The Balaban J connectivity index is 1.29. The van der Waals surface area contributed by atoms with Crippen LogP contribution in [0.3, 0.4) is 0 Å². The minimum absolute atomic E-state index is 0.00123. The fraction of sp³-hybridized carbons (Fsp3) is 0.417. The molecule has 3 aromatic heterocycles. The van der Waals surface area contributed by atoms with Crippen LogP contribution >= 0.6 is 11.8 Å². The predicted octanol–water partition coefficient (Wildman–Crippen LogP) is 2.63. The second kappa shape index (κ2) is 10.0. The van der Waals surface area contributed by atoms with E-state index in [9.17, 15) is 4.79 Å². The van der Waals surface area contributed by atoms with Crippen molar-refractivity contribution in [2.75, 3.05) is 43.5 Å². The number of fused-ring (bicyclic) bond motifs is 2. The van der Waals surface area contributed by atoms with Crippen molar-refractivity contribution in [3.63, 3.8) is 0 Å². The van der Waals surface area contributed by atoms with Gasteiger partial charge in [0.15, 0.2) is 10.8 Å². The molecule has 1 aromatic carbocycles. The minimum Gasteiger partial charge on any atom is -0.378 e. The van der Waals surface area contributed by atoms with Crippen LogP contribution < -0.4 is 10.2 Å². The van der Waals surface area contributed by atoms with Gasteiger partial charge in [0.1, 0.15) is 5.82 Å². The van der Waals surface area contributed by atoms with Crippen molar-refractivity contribution in [3.05, 3.63) is 42.2 Å². The second-order valence-corrected chi connectivity index (χ2v) is 9.51. The standard InChI is InChI=1S/C24H29N7O2S/c1-3-34-24-27-22(30-10-12-33-13-11-30)19-15-26-31(23(19)28-24)9-8-25-21(32)14-17-16-29(2)20-7-5-4-6-18(17)20/h4-7,15-16H,3,8-14H2,1-2H3,(H,25,32). The van der Waals surface area contributed by atoms with Gasteiger partial charge in [0, 0.05) is 43.8 Å². The molecule has 1 amide bonds. The largest absolute Gasteiger partial charge is 0.378 e. The monoisotopic (exact) mass is 479 g/mol. The van der Waals surface area contributed by atoms with E-state index in [1.807, 2.05) is 36.3 Å². The number of hydrogen-bond donors (Lipinski definition) is 1. The Morgan fingerprint density at radius 1 is 1.18 bits per heavy atom. The first kappa shape index (κ1) is 22.7. The van der Waals surface area contributed by atoms with E-state index in [4.69, 9.17) is 14.7 Å². The number of nitrogens with one attached hydrogen (secondary N) is 1. The highest BCUT2D eigenvalue weighted by molar-refractivity contribution is 7.99. The third-order valence-electron chi connectivity index (χ3n) is 6.02. The lowest BCUT2D eigenvalue weighted by atomic mass is 10.1. The molecule has 1 aliphatic heterocycles. The van der Waals surface area contributed by atoms with E-state index in [0.29, 0.717) is 32.7 Å². The summed E-state index contributed by atoms with van der Waals surface area (Å²) in [7, 11) is 2.00. The number of nitrogens with zero attached hydrogens (tertiary/aromatic N) is 6. The summed E-state index contributed by atoms with van der Waals surface area (Å²) in [6.45, 7) is 6.11. The number of amides is 1. The Labute approximate surface area is 202 Å². The van der Waals surface area contributed by atoms with Gasteiger partial charge < -0.3 is 19.5 Å². The highest BCUT2D eigenvalue weighted by Crippen LogP contribution is 2.27. The van der Waals surface area contributed by atoms with Crippen molar-refractivity contribution >= 4 is 45.4 Å². The Morgan fingerprint density at radius 2 is 2.00 bits per heavy atom. The van der Waals surface area contributed by atoms with Crippen molar-refractivity contribution in [1.29, 1.82) is 0 Å². The number of aromatic nitrogens is 5. The maximum Gasteiger partial charge on any atom is 0.224 e. The summed E-state index contributed by atoms with van der Waals surface area (Å²) >= 11 is 1.62. The number of carbonyl (C=O) groups is 1. The van der Waals surface area contributed by atoms with Crippen molar-refractivity contribution in [1.82, 2.24) is 29.6 Å². The number of morpholine rings is 1. The van der Waals surface area contributed by atoms with Crippen molar-refractivity contribution in [3.8, 4) is 0 Å². The summed E-state index contributed by atoms with van der Waals surface area (Å²) in [6.07, 6.45) is 4.21. The Bertz CT molecular complexity index is 1310. The van der Waals surface area contributed by atoms with Crippen molar-refractivity contribution in [2.45, 2.75) is 25.0 Å². The van der Waals surface area contributed by atoms with Gasteiger partial charge in [0.05, 0.1) is 37.8 Å². The smallest absolute Gasteiger partial charge is 0.224 e. The van der Waals surface area contributed by atoms with Crippen LogP contribution in [0.2, 0.25) is 0 Å². The number of benzene rings is 1. The molecule has 34 heavy (non-hydrogen) atoms. The number of hydrogen-bond acceptors (Lipinski definition) is 7. The van der Waals surface area contributed by atoms with E-state index in [-0.39, 0.29) is 5.91 Å². The lowest BCUT2D eigenvalue weighted by Crippen LogP contribution is -2.37. The zero-order valence-electron chi connectivity index (χ0n) is 19.5. The summed E-state index contributed by atoms with van der Waals surface area (Å²) in [5, 5.41) is 10.4. The third kappa shape index (κ3) is 4.60. The Morgan fingerprint density at radius 3 is 2.82 bits per heavy atom. The number of carbonyl (C=O) groups excluding carboxylic acids is 1. The molecule has 4 aromatic rings. The van der Waals surface area contributed by atoms with Gasteiger partial charge in [-0.15, -0.1) is 0 Å². The fourth-order valence-electron chi connectivity index (χ4n) is 4.40. The number of anilines is 1. The van der Waals surface area contributed by atoms with Gasteiger partial charge in [-0.05, 0) is 17.4 Å². The van der Waals surface area contributed by atoms with E-state index in [1.54, 1.807) is 11.8 Å². The second-order valence-electron chi connectivity index (χ2n) is 8.28. The zero-order valence-corrected chi connectivity index (χ0v) is 20.3. The Hall–Kier alpha value is -3.11. The van der Waals surface area contributed by atoms with E-state index in [2.05, 4.69) is 38.9 Å². The molecular weight excluding hydrogens is 450 g/mol. The maximum atomic E-state index is 12.7. The molecule has 0 radical (unpaired) electrons. The quantitative estimate of drug-likeness (QED) is 0.307. The molecule has 1 N–H and O–H groups in total. The topological polar surface area (TPSA) is 90.1 Å². The highest BCUT2D eigenvalue weighted by atomic mass is 32.2. The van der Waals surface area contributed by atoms with Gasteiger partial charge in [0.25, 0.3) is 0 Å². The molecule has 1 fully saturated rings. The Kier molecular flexibility index (Phi) is 6.68. The summed E-state index contributed by atoms with van der Waals surface area (Å²) < 4.78 is 9.43. The lowest BCUT2D eigenvalue weighted by molar-refractivity contribution is -0.120. The average Bonchev–Trinajstić information content (AvgIpc) is 3.40. The fourth-order valence-corrected chi connectivity index (χ4v) is 4.96. The molecule has 0 bridgehead atoms. The van der Waals surface area contributed by atoms with Crippen molar-refractivity contribution < 1.29 is 9.53 Å². The summed E-state index contributed by atoms with van der Waals surface area (Å²) in [4.78, 5) is 24.5. The molecule has 0 aliphatic carbocycles. The molecule has 4 heterocycles. The highest BCUT2D eigenvalue weighted by Gasteiger charge is 2.20. The summed E-state index contributed by atoms with van der Waals surface area (Å²) in [5.74, 6) is 1.81. The number of para-hydroxylation sites is 1. The van der Waals surface area contributed by atoms with Crippen LogP contribution in [0.15, 0.2) is 41.8 Å². The normalized spacial score (nSPS) is 14.2. The lowest BCUT2D eigenvalue weighted by Gasteiger charge is -2.28. The van der Waals surface area contributed by atoms with Gasteiger partial charge in [-0.1, -0.05) is 36.9 Å². The van der Waals surface area contributed by atoms with E-state index in [0.717, 1.165) is 57.3 Å². The maximum absolute atomic E-state index is 12.7.